The lowest BCUT2D eigenvalue weighted by molar-refractivity contribution is 0.538. The molecule has 0 aromatic carbocycles. The predicted molar refractivity (Wildman–Crippen MR) is 79.1 cm³/mol. The summed E-state index contributed by atoms with van der Waals surface area (Å²) in [5.41, 5.74) is -0.159. The van der Waals surface area contributed by atoms with Gasteiger partial charge in [0.15, 0.2) is 0 Å². The third-order valence-corrected chi connectivity index (χ3v) is 3.82. The van der Waals surface area contributed by atoms with Crippen molar-refractivity contribution < 1.29 is 0 Å². The van der Waals surface area contributed by atoms with Crippen LogP contribution >= 0.6 is 35.0 Å². The van der Waals surface area contributed by atoms with Crippen molar-refractivity contribution in [3.05, 3.63) is 40.4 Å². The molecule has 0 fully saturated rings. The molecule has 0 spiro atoms. The van der Waals surface area contributed by atoms with Crippen molar-refractivity contribution in [2.24, 2.45) is 0 Å². The Morgan fingerprint density at radius 2 is 1.89 bits per heavy atom. The summed E-state index contributed by atoms with van der Waals surface area (Å²) in [6.45, 7) is 6.13. The lowest BCUT2D eigenvalue weighted by atomic mass is 9.96. The van der Waals surface area contributed by atoms with E-state index < -0.39 is 0 Å². The van der Waals surface area contributed by atoms with Crippen LogP contribution in [0, 0.1) is 0 Å². The Morgan fingerprint density at radius 3 is 2.53 bits per heavy atom. The highest BCUT2D eigenvalue weighted by Crippen LogP contribution is 2.32. The molecule has 3 nitrogen and oxygen atoms in total. The molecule has 0 N–H and O–H groups in total. The zero-order valence-corrected chi connectivity index (χ0v) is 13.1. The smallest absolute Gasteiger partial charge is 0.136 e. The van der Waals surface area contributed by atoms with Gasteiger partial charge in [0.05, 0.1) is 5.02 Å². The number of nitrogens with zero attached hydrogens (tertiary/aromatic N) is 3. The molecule has 100 valence electrons. The van der Waals surface area contributed by atoms with Crippen molar-refractivity contribution >= 4 is 35.0 Å². The van der Waals surface area contributed by atoms with Gasteiger partial charge in [0, 0.05) is 17.7 Å². The fourth-order valence-electron chi connectivity index (χ4n) is 1.33. The fraction of sp³-hybridized carbons (Fsp3) is 0.308. The summed E-state index contributed by atoms with van der Waals surface area (Å²) in [6.07, 6.45) is 1.70. The molecule has 0 saturated carbocycles. The van der Waals surface area contributed by atoms with E-state index in [1.54, 1.807) is 24.4 Å². The second kappa shape index (κ2) is 5.65. The van der Waals surface area contributed by atoms with Crippen LogP contribution in [-0.2, 0) is 5.41 Å². The zero-order chi connectivity index (χ0) is 14.0. The first-order valence-electron chi connectivity index (χ1n) is 5.70. The van der Waals surface area contributed by atoms with Gasteiger partial charge in [-0.1, -0.05) is 44.0 Å². The minimum atomic E-state index is -0.159. The van der Waals surface area contributed by atoms with Crippen LogP contribution in [0.4, 0.5) is 0 Å². The summed E-state index contributed by atoms with van der Waals surface area (Å²) in [6, 6.07) is 5.30. The van der Waals surface area contributed by atoms with Crippen LogP contribution in [0.3, 0.4) is 0 Å². The Hall–Kier alpha value is -0.840. The van der Waals surface area contributed by atoms with Crippen LogP contribution in [0.1, 0.15) is 26.6 Å². The van der Waals surface area contributed by atoms with Crippen molar-refractivity contribution in [3.63, 3.8) is 0 Å². The molecule has 0 saturated heterocycles. The molecule has 19 heavy (non-hydrogen) atoms. The molecule has 6 heteroatoms. The molecule has 0 atom stereocenters. The maximum absolute atomic E-state index is 6.08. The first-order valence-corrected chi connectivity index (χ1v) is 7.27. The van der Waals surface area contributed by atoms with Crippen LogP contribution in [-0.4, -0.2) is 15.0 Å². The van der Waals surface area contributed by atoms with Crippen molar-refractivity contribution in [2.75, 3.05) is 0 Å². The van der Waals surface area contributed by atoms with Gasteiger partial charge in [-0.3, -0.25) is 0 Å². The minimum Gasteiger partial charge on any atom is -0.248 e. The second-order valence-corrected chi connectivity index (χ2v) is 6.80. The fourth-order valence-corrected chi connectivity index (χ4v) is 2.60. The van der Waals surface area contributed by atoms with E-state index >= 15 is 0 Å². The predicted octanol–water partition coefficient (Wildman–Crippen LogP) is 4.63. The van der Waals surface area contributed by atoms with E-state index in [0.29, 0.717) is 21.0 Å². The van der Waals surface area contributed by atoms with E-state index in [1.165, 1.54) is 11.8 Å². The molecule has 0 radical (unpaired) electrons. The van der Waals surface area contributed by atoms with Gasteiger partial charge in [-0.2, -0.15) is 0 Å². The minimum absolute atomic E-state index is 0.159. The highest BCUT2D eigenvalue weighted by molar-refractivity contribution is 7.99. The summed E-state index contributed by atoms with van der Waals surface area (Å²) in [7, 11) is 0. The molecule has 2 aromatic heterocycles. The molecule has 0 unspecified atom stereocenters. The third kappa shape index (κ3) is 3.81. The van der Waals surface area contributed by atoms with Crippen LogP contribution in [0.15, 0.2) is 34.4 Å². The summed E-state index contributed by atoms with van der Waals surface area (Å²) in [4.78, 5) is 13.0. The quantitative estimate of drug-likeness (QED) is 0.758. The van der Waals surface area contributed by atoms with E-state index in [1.807, 2.05) is 20.8 Å². The summed E-state index contributed by atoms with van der Waals surface area (Å²) >= 11 is 13.5. The number of rotatable bonds is 2. The van der Waals surface area contributed by atoms with Crippen molar-refractivity contribution in [3.8, 4) is 0 Å². The topological polar surface area (TPSA) is 38.7 Å². The first-order chi connectivity index (χ1) is 8.86. The average Bonchev–Trinajstić information content (AvgIpc) is 2.30. The van der Waals surface area contributed by atoms with Gasteiger partial charge in [0.25, 0.3) is 0 Å². The molecule has 0 bridgehead atoms. The Balaban J connectivity index is 2.36. The SMILES string of the molecule is CC(C)(C)c1nc(Cl)cc(Sc2ncccc2Cl)n1. The summed E-state index contributed by atoms with van der Waals surface area (Å²) in [5.74, 6) is 0.703. The number of hydrogen-bond donors (Lipinski definition) is 0. The van der Waals surface area contributed by atoms with Crippen molar-refractivity contribution in [1.29, 1.82) is 0 Å². The van der Waals surface area contributed by atoms with Gasteiger partial charge in [-0.15, -0.1) is 0 Å². The van der Waals surface area contributed by atoms with Gasteiger partial charge >= 0.3 is 0 Å². The van der Waals surface area contributed by atoms with Gasteiger partial charge in [0.1, 0.15) is 21.0 Å². The lowest BCUT2D eigenvalue weighted by Crippen LogP contribution is -2.16. The molecule has 2 heterocycles. The largest absolute Gasteiger partial charge is 0.248 e. The van der Waals surface area contributed by atoms with Crippen LogP contribution in [0.5, 0.6) is 0 Å². The van der Waals surface area contributed by atoms with Gasteiger partial charge in [-0.05, 0) is 23.9 Å². The lowest BCUT2D eigenvalue weighted by Gasteiger charge is -2.17. The third-order valence-electron chi connectivity index (χ3n) is 2.27. The maximum atomic E-state index is 6.08. The van der Waals surface area contributed by atoms with Gasteiger partial charge in [0.2, 0.25) is 0 Å². The monoisotopic (exact) mass is 313 g/mol. The molecular formula is C13H13Cl2N3S. The highest BCUT2D eigenvalue weighted by Gasteiger charge is 2.19. The van der Waals surface area contributed by atoms with E-state index in [9.17, 15) is 0 Å². The number of pyridine rings is 1. The molecule has 0 amide bonds. The zero-order valence-electron chi connectivity index (χ0n) is 10.8. The Labute approximate surface area is 126 Å². The number of aromatic nitrogens is 3. The van der Waals surface area contributed by atoms with E-state index in [4.69, 9.17) is 23.2 Å². The van der Waals surface area contributed by atoms with E-state index in [-0.39, 0.29) is 5.41 Å². The van der Waals surface area contributed by atoms with Gasteiger partial charge in [-0.25, -0.2) is 15.0 Å². The Morgan fingerprint density at radius 1 is 1.16 bits per heavy atom. The highest BCUT2D eigenvalue weighted by atomic mass is 35.5. The Bertz CT molecular complexity index is 597. The molecule has 0 aliphatic rings. The second-order valence-electron chi connectivity index (χ2n) is 4.99. The summed E-state index contributed by atoms with van der Waals surface area (Å²) in [5, 5.41) is 2.47. The standard InChI is InChI=1S/C13H13Cl2N3S/c1-13(2,3)12-17-9(15)7-10(18-12)19-11-8(14)5-4-6-16-11/h4-7H,1-3H3. The summed E-state index contributed by atoms with van der Waals surface area (Å²) < 4.78 is 0. The molecule has 2 rings (SSSR count). The first kappa shape index (κ1) is 14.6. The van der Waals surface area contributed by atoms with Crippen LogP contribution in [0.25, 0.3) is 0 Å². The Kier molecular flexibility index (Phi) is 4.33. The van der Waals surface area contributed by atoms with Crippen molar-refractivity contribution in [2.45, 2.75) is 36.2 Å². The molecule has 0 aliphatic heterocycles. The van der Waals surface area contributed by atoms with Gasteiger partial charge < -0.3 is 0 Å². The molecule has 2 aromatic rings. The van der Waals surface area contributed by atoms with E-state index in [2.05, 4.69) is 15.0 Å². The van der Waals surface area contributed by atoms with Crippen molar-refractivity contribution in [1.82, 2.24) is 15.0 Å². The molecular weight excluding hydrogens is 301 g/mol. The number of halogens is 2. The molecule has 0 aliphatic carbocycles. The van der Waals surface area contributed by atoms with Crippen LogP contribution < -0.4 is 0 Å². The average molecular weight is 314 g/mol. The van der Waals surface area contributed by atoms with Crippen LogP contribution in [0.2, 0.25) is 10.2 Å². The number of hydrogen-bond acceptors (Lipinski definition) is 4. The normalized spacial score (nSPS) is 11.6. The van der Waals surface area contributed by atoms with E-state index in [0.717, 1.165) is 5.03 Å². The maximum Gasteiger partial charge on any atom is 0.136 e.